The van der Waals surface area contributed by atoms with E-state index in [4.69, 9.17) is 46.4 Å². The molecule has 0 saturated heterocycles. The molecule has 2 atom stereocenters. The van der Waals surface area contributed by atoms with Gasteiger partial charge in [0, 0.05) is 10.1 Å². The van der Waals surface area contributed by atoms with E-state index >= 15 is 0 Å². The number of thioether (sulfide) groups is 1. The van der Waals surface area contributed by atoms with E-state index < -0.39 is 0 Å². The Kier molecular flexibility index (Phi) is 6.27. The van der Waals surface area contributed by atoms with Crippen molar-refractivity contribution in [3.63, 3.8) is 0 Å². The lowest BCUT2D eigenvalue weighted by Gasteiger charge is -2.20. The summed E-state index contributed by atoms with van der Waals surface area (Å²) < 4.78 is 0. The number of aromatic hydroxyl groups is 1. The van der Waals surface area contributed by atoms with Gasteiger partial charge in [0.1, 0.15) is 10.0 Å². The third kappa shape index (κ3) is 3.34. The van der Waals surface area contributed by atoms with Crippen molar-refractivity contribution < 1.29 is 5.11 Å². The minimum Gasteiger partial charge on any atom is -0.505 e. The first-order valence-electron chi connectivity index (χ1n) is 5.52. The molecule has 2 unspecified atom stereocenters. The number of phenols is 1. The summed E-state index contributed by atoms with van der Waals surface area (Å²) in [7, 11) is 0. The smallest absolute Gasteiger partial charge is 0.155 e. The molecule has 0 aliphatic heterocycles. The van der Waals surface area contributed by atoms with Crippen LogP contribution in [0.15, 0.2) is 4.90 Å². The number of benzene rings is 1. The van der Waals surface area contributed by atoms with Gasteiger partial charge in [-0.25, -0.2) is 0 Å². The van der Waals surface area contributed by atoms with E-state index in [9.17, 15) is 5.11 Å². The number of phenolic OH excluding ortho intramolecular Hbond substituents is 1. The highest BCUT2D eigenvalue weighted by molar-refractivity contribution is 8.00. The van der Waals surface area contributed by atoms with Crippen LogP contribution in [-0.4, -0.2) is 10.4 Å². The van der Waals surface area contributed by atoms with Crippen LogP contribution >= 0.6 is 58.2 Å². The van der Waals surface area contributed by atoms with Gasteiger partial charge in [-0.05, 0) is 5.92 Å². The third-order valence-corrected chi connectivity index (χ3v) is 6.34. The first kappa shape index (κ1) is 16.6. The second-order valence-corrected chi connectivity index (χ2v) is 7.04. The lowest BCUT2D eigenvalue weighted by Crippen LogP contribution is -2.08. The summed E-state index contributed by atoms with van der Waals surface area (Å²) in [6.07, 6.45) is 1.06. The van der Waals surface area contributed by atoms with Crippen molar-refractivity contribution >= 4 is 58.2 Å². The molecular weight excluding hydrogens is 334 g/mol. The summed E-state index contributed by atoms with van der Waals surface area (Å²) >= 11 is 25.6. The van der Waals surface area contributed by atoms with Gasteiger partial charge in [0.25, 0.3) is 0 Å². The Labute approximate surface area is 132 Å². The molecule has 0 aliphatic carbocycles. The quantitative estimate of drug-likeness (QED) is 0.493. The SMILES string of the molecule is CCC(C)C(C)Sc1c(Cl)c(Cl)c(O)c(Cl)c1Cl. The molecule has 1 N–H and O–H groups in total. The number of hydrogen-bond donors (Lipinski definition) is 1. The highest BCUT2D eigenvalue weighted by Crippen LogP contribution is 2.50. The van der Waals surface area contributed by atoms with Crippen LogP contribution in [0.1, 0.15) is 27.2 Å². The van der Waals surface area contributed by atoms with Crippen molar-refractivity contribution in [1.29, 1.82) is 0 Å². The van der Waals surface area contributed by atoms with E-state index in [1.807, 2.05) is 0 Å². The van der Waals surface area contributed by atoms with E-state index in [0.717, 1.165) is 6.42 Å². The van der Waals surface area contributed by atoms with E-state index in [1.54, 1.807) is 0 Å². The minimum atomic E-state index is -0.270. The maximum Gasteiger partial charge on any atom is 0.155 e. The zero-order valence-corrected chi connectivity index (χ0v) is 14.1. The molecule has 1 aromatic rings. The Morgan fingerprint density at radius 1 is 1.00 bits per heavy atom. The number of halogens is 4. The van der Waals surface area contributed by atoms with Gasteiger partial charge in [0.15, 0.2) is 5.75 Å². The van der Waals surface area contributed by atoms with Gasteiger partial charge >= 0.3 is 0 Å². The molecule has 102 valence electrons. The monoisotopic (exact) mass is 346 g/mol. The van der Waals surface area contributed by atoms with Crippen LogP contribution in [0, 0.1) is 5.92 Å². The normalized spacial score (nSPS) is 14.6. The van der Waals surface area contributed by atoms with E-state index in [1.165, 1.54) is 11.8 Å². The summed E-state index contributed by atoms with van der Waals surface area (Å²) in [5.41, 5.74) is 0. The summed E-state index contributed by atoms with van der Waals surface area (Å²) in [5.74, 6) is 0.238. The van der Waals surface area contributed by atoms with Gasteiger partial charge in [-0.3, -0.25) is 0 Å². The number of rotatable bonds is 4. The largest absolute Gasteiger partial charge is 0.505 e. The van der Waals surface area contributed by atoms with Crippen LogP contribution in [0.2, 0.25) is 20.1 Å². The van der Waals surface area contributed by atoms with Crippen LogP contribution in [0.5, 0.6) is 5.75 Å². The Hall–Kier alpha value is 0.530. The molecule has 0 radical (unpaired) electrons. The van der Waals surface area contributed by atoms with Gasteiger partial charge < -0.3 is 5.11 Å². The van der Waals surface area contributed by atoms with Crippen LogP contribution in [-0.2, 0) is 0 Å². The van der Waals surface area contributed by atoms with Crippen molar-refractivity contribution in [3.8, 4) is 5.75 Å². The average Bonchev–Trinajstić information content (AvgIpc) is 2.37. The van der Waals surface area contributed by atoms with Crippen molar-refractivity contribution in [2.24, 2.45) is 5.92 Å². The molecule has 0 fully saturated rings. The molecule has 18 heavy (non-hydrogen) atoms. The highest BCUT2D eigenvalue weighted by atomic mass is 35.5. The fourth-order valence-corrected chi connectivity index (χ4v) is 3.77. The van der Waals surface area contributed by atoms with Gasteiger partial charge in [0.2, 0.25) is 0 Å². The van der Waals surface area contributed by atoms with Gasteiger partial charge in [-0.1, -0.05) is 73.6 Å². The third-order valence-electron chi connectivity index (χ3n) is 2.95. The molecular formula is C12H14Cl4OS. The molecule has 0 bridgehead atoms. The molecule has 1 aromatic carbocycles. The Bertz CT molecular complexity index is 421. The van der Waals surface area contributed by atoms with E-state index in [0.29, 0.717) is 16.1 Å². The van der Waals surface area contributed by atoms with Gasteiger partial charge in [0.05, 0.1) is 10.0 Å². The maximum absolute atomic E-state index is 9.64. The zero-order chi connectivity index (χ0) is 14.0. The van der Waals surface area contributed by atoms with Crippen LogP contribution in [0.4, 0.5) is 0 Å². The van der Waals surface area contributed by atoms with Gasteiger partial charge in [-0.2, -0.15) is 0 Å². The second-order valence-electron chi connectivity index (χ2n) is 4.14. The summed E-state index contributed by atoms with van der Waals surface area (Å²) in [5, 5.41) is 10.6. The highest BCUT2D eigenvalue weighted by Gasteiger charge is 2.23. The molecule has 0 heterocycles. The van der Waals surface area contributed by atoms with Crippen LogP contribution in [0.25, 0.3) is 0 Å². The second kappa shape index (κ2) is 6.81. The standard InChI is InChI=1S/C12H14Cl4OS/c1-4-5(2)6(3)18-12-9(15)7(13)11(17)8(14)10(12)16/h5-6,17H,4H2,1-3H3. The predicted molar refractivity (Wildman–Crippen MR) is 82.9 cm³/mol. The molecule has 0 aliphatic rings. The average molecular weight is 348 g/mol. The first-order chi connectivity index (χ1) is 8.31. The van der Waals surface area contributed by atoms with Crippen molar-refractivity contribution in [2.45, 2.75) is 37.3 Å². The molecule has 6 heteroatoms. The minimum absolute atomic E-state index is 0.0462. The molecule has 0 amide bonds. The molecule has 0 aromatic heterocycles. The molecule has 0 spiro atoms. The van der Waals surface area contributed by atoms with Crippen LogP contribution < -0.4 is 0 Å². The van der Waals surface area contributed by atoms with Gasteiger partial charge in [-0.15, -0.1) is 11.8 Å². The Morgan fingerprint density at radius 2 is 1.44 bits per heavy atom. The summed E-state index contributed by atoms with van der Waals surface area (Å²) in [6.45, 7) is 6.38. The Morgan fingerprint density at radius 3 is 1.83 bits per heavy atom. The lowest BCUT2D eigenvalue weighted by atomic mass is 10.1. The summed E-state index contributed by atoms with van der Waals surface area (Å²) in [4.78, 5) is 0.624. The molecule has 0 saturated carbocycles. The predicted octanol–water partition coefficient (Wildman–Crippen LogP) is 6.53. The van der Waals surface area contributed by atoms with Crippen LogP contribution in [0.3, 0.4) is 0 Å². The maximum atomic E-state index is 9.64. The van der Waals surface area contributed by atoms with E-state index in [2.05, 4.69) is 20.8 Å². The van der Waals surface area contributed by atoms with E-state index in [-0.39, 0.29) is 25.8 Å². The fourth-order valence-electron chi connectivity index (χ4n) is 1.34. The fraction of sp³-hybridized carbons (Fsp3) is 0.500. The van der Waals surface area contributed by atoms with Crippen molar-refractivity contribution in [1.82, 2.24) is 0 Å². The molecule has 1 nitrogen and oxygen atoms in total. The van der Waals surface area contributed by atoms with Crippen molar-refractivity contribution in [3.05, 3.63) is 20.1 Å². The first-order valence-corrected chi connectivity index (χ1v) is 7.91. The summed E-state index contributed by atoms with van der Waals surface area (Å²) in [6, 6.07) is 0. The zero-order valence-electron chi connectivity index (χ0n) is 10.2. The van der Waals surface area contributed by atoms with Crippen molar-refractivity contribution in [2.75, 3.05) is 0 Å². The Balaban J connectivity index is 3.18. The topological polar surface area (TPSA) is 20.2 Å². The molecule has 1 rings (SSSR count). The number of hydrogen-bond acceptors (Lipinski definition) is 2. The lowest BCUT2D eigenvalue weighted by molar-refractivity contribution is 0.475.